The number of carbonyl (C=O) groups is 2. The molecule has 1 aliphatic rings. The van der Waals surface area contributed by atoms with Gasteiger partial charge in [0.05, 0.1) is 11.6 Å². The van der Waals surface area contributed by atoms with E-state index >= 15 is 0 Å². The molecule has 0 radical (unpaired) electrons. The van der Waals surface area contributed by atoms with E-state index in [0.29, 0.717) is 28.9 Å². The van der Waals surface area contributed by atoms with Gasteiger partial charge >= 0.3 is 0 Å². The number of benzene rings is 3. The number of thiocarbonyl (C=S) groups is 1. The number of methoxy groups -OCH3 is 1. The summed E-state index contributed by atoms with van der Waals surface area (Å²) in [5, 5.41) is 5.95. The van der Waals surface area contributed by atoms with Gasteiger partial charge in [0.2, 0.25) is 0 Å². The average Bonchev–Trinajstić information content (AvgIpc) is 2.89. The van der Waals surface area contributed by atoms with Gasteiger partial charge in [-0.3, -0.25) is 14.9 Å². The maximum absolute atomic E-state index is 12.8. The smallest absolute Gasteiger partial charge is 0.257 e. The van der Waals surface area contributed by atoms with Crippen molar-refractivity contribution in [2.75, 3.05) is 43.5 Å². The van der Waals surface area contributed by atoms with Crippen LogP contribution in [0.5, 0.6) is 5.75 Å². The Morgan fingerprint density at radius 3 is 2.17 bits per heavy atom. The molecule has 1 aliphatic heterocycles. The van der Waals surface area contributed by atoms with Crippen LogP contribution in [0.1, 0.15) is 26.3 Å². The standard InChI is InChI=1S/C27H27BrN4O3S/c1-18-3-5-19(6-4-18)26(34)32-15-13-31(14-16-32)22-10-8-21(9-11-22)29-27(36)30-25(33)20-7-12-24(35-2)23(28)17-20/h3-12,17H,13-16H2,1-2H3,(H2,29,30,33,36). The van der Waals surface area contributed by atoms with Crippen molar-refractivity contribution in [3.8, 4) is 5.75 Å². The summed E-state index contributed by atoms with van der Waals surface area (Å²) in [6.45, 7) is 4.88. The highest BCUT2D eigenvalue weighted by atomic mass is 79.9. The fourth-order valence-corrected chi connectivity index (χ4v) is 4.70. The molecule has 0 spiro atoms. The van der Waals surface area contributed by atoms with Crippen molar-refractivity contribution >= 4 is 56.4 Å². The van der Waals surface area contributed by atoms with Crippen LogP contribution in [0.3, 0.4) is 0 Å². The third-order valence-electron chi connectivity index (χ3n) is 6.00. The predicted molar refractivity (Wildman–Crippen MR) is 150 cm³/mol. The molecular formula is C27H27BrN4O3S. The van der Waals surface area contributed by atoms with E-state index in [0.717, 1.165) is 35.6 Å². The third kappa shape index (κ3) is 6.22. The molecule has 0 unspecified atom stereocenters. The Morgan fingerprint density at radius 2 is 1.56 bits per heavy atom. The molecule has 1 saturated heterocycles. The molecule has 2 amide bonds. The molecule has 3 aromatic rings. The van der Waals surface area contributed by atoms with E-state index < -0.39 is 0 Å². The van der Waals surface area contributed by atoms with E-state index in [-0.39, 0.29) is 16.9 Å². The van der Waals surface area contributed by atoms with Gasteiger partial charge in [-0.25, -0.2) is 0 Å². The molecule has 9 heteroatoms. The van der Waals surface area contributed by atoms with Crippen molar-refractivity contribution in [2.24, 2.45) is 0 Å². The zero-order valence-corrected chi connectivity index (χ0v) is 22.5. The van der Waals surface area contributed by atoms with Gasteiger partial charge in [-0.05, 0) is 89.7 Å². The fraction of sp³-hybridized carbons (Fsp3) is 0.222. The van der Waals surface area contributed by atoms with Crippen LogP contribution < -0.4 is 20.3 Å². The predicted octanol–water partition coefficient (Wildman–Crippen LogP) is 4.86. The van der Waals surface area contributed by atoms with Gasteiger partial charge in [0.25, 0.3) is 11.8 Å². The van der Waals surface area contributed by atoms with Gasteiger partial charge in [-0.2, -0.15) is 0 Å². The van der Waals surface area contributed by atoms with E-state index in [1.807, 2.05) is 60.4 Å². The zero-order valence-electron chi connectivity index (χ0n) is 20.1. The summed E-state index contributed by atoms with van der Waals surface area (Å²) in [7, 11) is 1.57. The monoisotopic (exact) mass is 566 g/mol. The van der Waals surface area contributed by atoms with Gasteiger partial charge in [0.1, 0.15) is 5.75 Å². The van der Waals surface area contributed by atoms with E-state index in [1.54, 1.807) is 25.3 Å². The highest BCUT2D eigenvalue weighted by Crippen LogP contribution is 2.25. The Labute approximate surface area is 224 Å². The minimum Gasteiger partial charge on any atom is -0.496 e. The summed E-state index contributed by atoms with van der Waals surface area (Å²) in [4.78, 5) is 29.4. The summed E-state index contributed by atoms with van der Waals surface area (Å²) in [5.74, 6) is 0.406. The Morgan fingerprint density at radius 1 is 0.917 bits per heavy atom. The first kappa shape index (κ1) is 25.7. The number of anilines is 2. The highest BCUT2D eigenvalue weighted by Gasteiger charge is 2.22. The average molecular weight is 568 g/mol. The number of nitrogens with zero attached hydrogens (tertiary/aromatic N) is 2. The minimum absolute atomic E-state index is 0.0757. The molecule has 3 aromatic carbocycles. The van der Waals surface area contributed by atoms with Crippen molar-refractivity contribution in [1.29, 1.82) is 0 Å². The van der Waals surface area contributed by atoms with Crippen LogP contribution in [-0.2, 0) is 0 Å². The van der Waals surface area contributed by atoms with E-state index in [4.69, 9.17) is 17.0 Å². The second-order valence-corrected chi connectivity index (χ2v) is 9.71. The van der Waals surface area contributed by atoms with Crippen molar-refractivity contribution < 1.29 is 14.3 Å². The minimum atomic E-state index is -0.314. The topological polar surface area (TPSA) is 73.9 Å². The lowest BCUT2D eigenvalue weighted by atomic mass is 10.1. The number of carbonyl (C=O) groups excluding carboxylic acids is 2. The first-order valence-corrected chi connectivity index (χ1v) is 12.7. The van der Waals surface area contributed by atoms with Gasteiger partial charge in [0, 0.05) is 48.7 Å². The summed E-state index contributed by atoms with van der Waals surface area (Å²) < 4.78 is 5.88. The molecule has 0 atom stereocenters. The maximum atomic E-state index is 12.8. The number of halogens is 1. The molecule has 0 aliphatic carbocycles. The largest absolute Gasteiger partial charge is 0.496 e. The van der Waals surface area contributed by atoms with Crippen molar-refractivity contribution in [2.45, 2.75) is 6.92 Å². The molecular weight excluding hydrogens is 540 g/mol. The van der Waals surface area contributed by atoms with Gasteiger partial charge in [0.15, 0.2) is 5.11 Å². The maximum Gasteiger partial charge on any atom is 0.257 e. The Kier molecular flexibility index (Phi) is 8.22. The molecule has 1 fully saturated rings. The van der Waals surface area contributed by atoms with E-state index in [2.05, 4.69) is 31.5 Å². The molecule has 186 valence electrons. The number of amides is 2. The summed E-state index contributed by atoms with van der Waals surface area (Å²) >= 11 is 8.69. The molecule has 36 heavy (non-hydrogen) atoms. The lowest BCUT2D eigenvalue weighted by Gasteiger charge is -2.36. The summed E-state index contributed by atoms with van der Waals surface area (Å²) in [6.07, 6.45) is 0. The first-order chi connectivity index (χ1) is 17.3. The van der Waals surface area contributed by atoms with Crippen LogP contribution in [0.15, 0.2) is 71.2 Å². The Bertz CT molecular complexity index is 1260. The quantitative estimate of drug-likeness (QED) is 0.430. The highest BCUT2D eigenvalue weighted by molar-refractivity contribution is 9.10. The van der Waals surface area contributed by atoms with Crippen molar-refractivity contribution in [3.05, 3.63) is 87.9 Å². The number of hydrogen-bond acceptors (Lipinski definition) is 5. The number of nitrogens with one attached hydrogen (secondary N) is 2. The van der Waals surface area contributed by atoms with E-state index in [1.165, 1.54) is 0 Å². The molecule has 2 N–H and O–H groups in total. The Hall–Kier alpha value is -3.43. The fourth-order valence-electron chi connectivity index (χ4n) is 3.95. The van der Waals surface area contributed by atoms with Crippen molar-refractivity contribution in [3.63, 3.8) is 0 Å². The van der Waals surface area contributed by atoms with Crippen LogP contribution in [0.4, 0.5) is 11.4 Å². The SMILES string of the molecule is COc1ccc(C(=O)NC(=S)Nc2ccc(N3CCN(C(=O)c4ccc(C)cc4)CC3)cc2)cc1Br. The van der Waals surface area contributed by atoms with Crippen LogP contribution in [0.2, 0.25) is 0 Å². The molecule has 4 rings (SSSR count). The molecule has 0 bridgehead atoms. The van der Waals surface area contributed by atoms with Gasteiger partial charge in [-0.1, -0.05) is 17.7 Å². The molecule has 0 aromatic heterocycles. The summed E-state index contributed by atoms with van der Waals surface area (Å²) in [6, 6.07) is 20.6. The zero-order chi connectivity index (χ0) is 25.7. The second-order valence-electron chi connectivity index (χ2n) is 8.45. The van der Waals surface area contributed by atoms with Crippen LogP contribution in [0.25, 0.3) is 0 Å². The van der Waals surface area contributed by atoms with Crippen LogP contribution >= 0.6 is 28.1 Å². The normalized spacial score (nSPS) is 13.2. The number of hydrogen-bond donors (Lipinski definition) is 2. The lowest BCUT2D eigenvalue weighted by Crippen LogP contribution is -2.48. The molecule has 0 saturated carbocycles. The summed E-state index contributed by atoms with van der Waals surface area (Å²) in [5.41, 5.74) is 4.17. The third-order valence-corrected chi connectivity index (χ3v) is 6.82. The van der Waals surface area contributed by atoms with Gasteiger partial charge in [-0.15, -0.1) is 0 Å². The number of piperazine rings is 1. The number of aryl methyl sites for hydroxylation is 1. The lowest BCUT2D eigenvalue weighted by molar-refractivity contribution is 0.0746. The van der Waals surface area contributed by atoms with Crippen molar-refractivity contribution in [1.82, 2.24) is 10.2 Å². The molecule has 7 nitrogen and oxygen atoms in total. The van der Waals surface area contributed by atoms with E-state index in [9.17, 15) is 9.59 Å². The number of rotatable bonds is 5. The second kappa shape index (κ2) is 11.5. The molecule has 1 heterocycles. The van der Waals surface area contributed by atoms with Gasteiger partial charge < -0.3 is 19.9 Å². The first-order valence-electron chi connectivity index (χ1n) is 11.5. The number of ether oxygens (including phenoxy) is 1. The Balaban J connectivity index is 1.28. The van der Waals surface area contributed by atoms with Crippen LogP contribution in [0, 0.1) is 6.92 Å². The van der Waals surface area contributed by atoms with Crippen LogP contribution in [-0.4, -0.2) is 55.1 Å².